The van der Waals surface area contributed by atoms with E-state index < -0.39 is 0 Å². The Morgan fingerprint density at radius 1 is 1.18 bits per heavy atom. The first-order valence-electron chi connectivity index (χ1n) is 4.51. The van der Waals surface area contributed by atoms with Crippen LogP contribution in [0.5, 0.6) is 0 Å². The van der Waals surface area contributed by atoms with Crippen LogP contribution in [0.4, 0.5) is 0 Å². The van der Waals surface area contributed by atoms with Gasteiger partial charge in [0, 0.05) is 0 Å². The Balaban J connectivity index is 3.73. The van der Waals surface area contributed by atoms with Gasteiger partial charge in [-0.15, -0.1) is 0 Å². The predicted molar refractivity (Wildman–Crippen MR) is 51.8 cm³/mol. The monoisotopic (exact) mass is 157 g/mol. The molecule has 0 aliphatic carbocycles. The third kappa shape index (κ3) is 4.41. The molecule has 0 N–H and O–H groups in total. The van der Waals surface area contributed by atoms with Crippen molar-refractivity contribution >= 4 is 0 Å². The quantitative estimate of drug-likeness (QED) is 0.606. The molecule has 0 radical (unpaired) electrons. The highest BCUT2D eigenvalue weighted by molar-refractivity contribution is 4.72. The van der Waals surface area contributed by atoms with Crippen molar-refractivity contribution in [2.45, 2.75) is 34.1 Å². The summed E-state index contributed by atoms with van der Waals surface area (Å²) < 4.78 is 0. The average molecular weight is 157 g/mol. The lowest BCUT2D eigenvalue weighted by Crippen LogP contribution is -2.25. The van der Waals surface area contributed by atoms with Gasteiger partial charge in [-0.25, -0.2) is 0 Å². The average Bonchev–Trinajstić information content (AvgIpc) is 1.84. The minimum absolute atomic E-state index is 0.490. The molecule has 0 rings (SSSR count). The van der Waals surface area contributed by atoms with Crippen LogP contribution >= 0.6 is 0 Å². The van der Waals surface area contributed by atoms with Crippen LogP contribution in [0.15, 0.2) is 0 Å². The second-order valence-corrected chi connectivity index (χ2v) is 4.70. The summed E-state index contributed by atoms with van der Waals surface area (Å²) in [5.41, 5.74) is 0.490. The van der Waals surface area contributed by atoms with Crippen molar-refractivity contribution < 1.29 is 0 Å². The second kappa shape index (κ2) is 4.10. The molecular formula is C10H23N. The third-order valence-corrected chi connectivity index (χ3v) is 2.77. The summed E-state index contributed by atoms with van der Waals surface area (Å²) in [6, 6.07) is 0. The normalized spacial score (nSPS) is 13.1. The van der Waals surface area contributed by atoms with Gasteiger partial charge >= 0.3 is 0 Å². The van der Waals surface area contributed by atoms with Gasteiger partial charge in [-0.1, -0.05) is 27.7 Å². The highest BCUT2D eigenvalue weighted by atomic mass is 15.0. The maximum atomic E-state index is 2.35. The third-order valence-electron chi connectivity index (χ3n) is 2.77. The first-order chi connectivity index (χ1) is 4.86. The SMILES string of the molecule is CC(C)C(C)(C)CCN(C)C. The van der Waals surface area contributed by atoms with Crippen molar-refractivity contribution in [3.8, 4) is 0 Å². The highest BCUT2D eigenvalue weighted by Gasteiger charge is 2.21. The van der Waals surface area contributed by atoms with E-state index >= 15 is 0 Å². The van der Waals surface area contributed by atoms with Crippen molar-refractivity contribution in [1.29, 1.82) is 0 Å². The standard InChI is InChI=1S/C10H23N/c1-9(2)10(3,4)7-8-11(5)6/h9H,7-8H2,1-6H3. The molecule has 0 aromatic carbocycles. The van der Waals surface area contributed by atoms with Crippen LogP contribution < -0.4 is 0 Å². The van der Waals surface area contributed by atoms with Crippen LogP contribution in [0.3, 0.4) is 0 Å². The van der Waals surface area contributed by atoms with Gasteiger partial charge in [-0.05, 0) is 38.4 Å². The fourth-order valence-electron chi connectivity index (χ4n) is 0.800. The van der Waals surface area contributed by atoms with E-state index in [9.17, 15) is 0 Å². The van der Waals surface area contributed by atoms with Crippen molar-refractivity contribution in [3.05, 3.63) is 0 Å². The Kier molecular flexibility index (Phi) is 4.09. The summed E-state index contributed by atoms with van der Waals surface area (Å²) >= 11 is 0. The summed E-state index contributed by atoms with van der Waals surface area (Å²) in [6.45, 7) is 10.5. The van der Waals surface area contributed by atoms with E-state index in [0.717, 1.165) is 5.92 Å². The van der Waals surface area contributed by atoms with E-state index in [1.165, 1.54) is 13.0 Å². The summed E-state index contributed by atoms with van der Waals surface area (Å²) in [5.74, 6) is 0.780. The first kappa shape index (κ1) is 11.0. The molecule has 1 nitrogen and oxygen atoms in total. The molecule has 0 aliphatic heterocycles. The van der Waals surface area contributed by atoms with E-state index in [0.29, 0.717) is 5.41 Å². The van der Waals surface area contributed by atoms with Gasteiger partial charge in [0.1, 0.15) is 0 Å². The molecule has 0 bridgehead atoms. The fourth-order valence-corrected chi connectivity index (χ4v) is 0.800. The van der Waals surface area contributed by atoms with Crippen molar-refractivity contribution in [1.82, 2.24) is 4.90 Å². The predicted octanol–water partition coefficient (Wildman–Crippen LogP) is 2.62. The van der Waals surface area contributed by atoms with E-state index in [-0.39, 0.29) is 0 Å². The molecule has 68 valence electrons. The number of hydrogen-bond donors (Lipinski definition) is 0. The van der Waals surface area contributed by atoms with E-state index in [2.05, 4.69) is 46.7 Å². The molecule has 0 atom stereocenters. The van der Waals surface area contributed by atoms with Gasteiger partial charge < -0.3 is 4.90 Å². The minimum atomic E-state index is 0.490. The lowest BCUT2D eigenvalue weighted by molar-refractivity contribution is 0.201. The molecule has 0 unspecified atom stereocenters. The molecule has 1 heteroatoms. The summed E-state index contributed by atoms with van der Waals surface area (Å²) in [7, 11) is 4.27. The molecule has 11 heavy (non-hydrogen) atoms. The topological polar surface area (TPSA) is 3.24 Å². The molecule has 0 saturated heterocycles. The maximum Gasteiger partial charge on any atom is -0.00196 e. The van der Waals surface area contributed by atoms with E-state index in [1.807, 2.05) is 0 Å². The van der Waals surface area contributed by atoms with Crippen LogP contribution in [-0.2, 0) is 0 Å². The molecular weight excluding hydrogens is 134 g/mol. The molecule has 0 amide bonds. The molecule has 0 aromatic rings. The number of rotatable bonds is 4. The van der Waals surface area contributed by atoms with Gasteiger partial charge in [0.15, 0.2) is 0 Å². The Bertz CT molecular complexity index is 103. The highest BCUT2D eigenvalue weighted by Crippen LogP contribution is 2.29. The zero-order valence-electron chi connectivity index (χ0n) is 8.94. The van der Waals surface area contributed by atoms with Crippen molar-refractivity contribution in [2.75, 3.05) is 20.6 Å². The zero-order chi connectivity index (χ0) is 9.07. The number of hydrogen-bond acceptors (Lipinski definition) is 1. The maximum absolute atomic E-state index is 2.35. The molecule has 0 aliphatic rings. The summed E-state index contributed by atoms with van der Waals surface area (Å²) in [4.78, 5) is 2.25. The number of nitrogens with zero attached hydrogens (tertiary/aromatic N) is 1. The zero-order valence-corrected chi connectivity index (χ0v) is 8.94. The van der Waals surface area contributed by atoms with Gasteiger partial charge in [-0.3, -0.25) is 0 Å². The summed E-state index contributed by atoms with van der Waals surface area (Å²) in [5, 5.41) is 0. The van der Waals surface area contributed by atoms with Gasteiger partial charge in [0.05, 0.1) is 0 Å². The van der Waals surface area contributed by atoms with Crippen molar-refractivity contribution in [3.63, 3.8) is 0 Å². The van der Waals surface area contributed by atoms with Crippen LogP contribution in [0.1, 0.15) is 34.1 Å². The summed E-state index contributed by atoms with van der Waals surface area (Å²) in [6.07, 6.45) is 1.29. The van der Waals surface area contributed by atoms with Crippen molar-refractivity contribution in [2.24, 2.45) is 11.3 Å². The smallest absolute Gasteiger partial charge is 0.00196 e. The van der Waals surface area contributed by atoms with Crippen LogP contribution in [-0.4, -0.2) is 25.5 Å². The Labute approximate surface area is 71.8 Å². The van der Waals surface area contributed by atoms with E-state index in [1.54, 1.807) is 0 Å². The fraction of sp³-hybridized carbons (Fsp3) is 1.00. The van der Waals surface area contributed by atoms with E-state index in [4.69, 9.17) is 0 Å². The lowest BCUT2D eigenvalue weighted by Gasteiger charge is -2.30. The minimum Gasteiger partial charge on any atom is -0.309 e. The Morgan fingerprint density at radius 3 is 1.91 bits per heavy atom. The first-order valence-corrected chi connectivity index (χ1v) is 4.51. The second-order valence-electron chi connectivity index (χ2n) is 4.70. The van der Waals surface area contributed by atoms with Gasteiger partial charge in [0.2, 0.25) is 0 Å². The molecule has 0 heterocycles. The van der Waals surface area contributed by atoms with Crippen LogP contribution in [0.25, 0.3) is 0 Å². The Hall–Kier alpha value is -0.0400. The van der Waals surface area contributed by atoms with Crippen LogP contribution in [0, 0.1) is 11.3 Å². The molecule has 0 saturated carbocycles. The largest absolute Gasteiger partial charge is 0.309 e. The Morgan fingerprint density at radius 2 is 1.64 bits per heavy atom. The van der Waals surface area contributed by atoms with Gasteiger partial charge in [0.25, 0.3) is 0 Å². The molecule has 0 aromatic heterocycles. The van der Waals surface area contributed by atoms with Gasteiger partial charge in [-0.2, -0.15) is 0 Å². The lowest BCUT2D eigenvalue weighted by atomic mass is 9.78. The molecule has 0 fully saturated rings. The molecule has 0 spiro atoms. The van der Waals surface area contributed by atoms with Crippen LogP contribution in [0.2, 0.25) is 0 Å².